The molecule has 0 unspecified atom stereocenters. The van der Waals surface area contributed by atoms with E-state index in [1.54, 1.807) is 36.4 Å². The average molecular weight is 447 g/mol. The summed E-state index contributed by atoms with van der Waals surface area (Å²) in [6, 6.07) is 12.4. The fourth-order valence-corrected chi connectivity index (χ4v) is 2.69. The quantitative estimate of drug-likeness (QED) is 0.477. The Hall–Kier alpha value is -3.03. The van der Waals surface area contributed by atoms with Gasteiger partial charge in [0.25, 0.3) is 0 Å². The summed E-state index contributed by atoms with van der Waals surface area (Å²) in [6.07, 6.45) is 0. The molecule has 0 saturated heterocycles. The second kappa shape index (κ2) is 10.1. The molecular weight excluding hydrogens is 427 g/mol. The largest absolute Gasteiger partial charge is 0.487 e. The maximum Gasteiger partial charge on any atom is 0.316 e. The Bertz CT molecular complexity index is 1030. The summed E-state index contributed by atoms with van der Waals surface area (Å²) in [5.74, 6) is 0.460. The zero-order valence-electron chi connectivity index (χ0n) is 16.2. The topological polar surface area (TPSA) is 89.3 Å². The van der Waals surface area contributed by atoms with Crippen molar-refractivity contribution in [3.8, 4) is 17.1 Å². The van der Waals surface area contributed by atoms with Gasteiger partial charge in [-0.15, -0.1) is 0 Å². The number of rotatable bonds is 9. The van der Waals surface area contributed by atoms with E-state index in [1.807, 2.05) is 13.0 Å². The molecule has 30 heavy (non-hydrogen) atoms. The van der Waals surface area contributed by atoms with E-state index in [-0.39, 0.29) is 5.89 Å². The molecule has 0 saturated carbocycles. The first-order valence-electron chi connectivity index (χ1n) is 9.11. The van der Waals surface area contributed by atoms with Crippen LogP contribution < -0.4 is 15.4 Å². The number of ether oxygens (including phenoxy) is 1. The molecule has 0 aliphatic heterocycles. The summed E-state index contributed by atoms with van der Waals surface area (Å²) in [6.45, 7) is 6.91. The number of benzene rings is 2. The van der Waals surface area contributed by atoms with Crippen LogP contribution in [0.15, 0.2) is 59.3 Å². The minimum absolute atomic E-state index is 0.111. The smallest absolute Gasteiger partial charge is 0.316 e. The number of nitrogens with one attached hydrogen (secondary N) is 2. The van der Waals surface area contributed by atoms with Crippen molar-refractivity contribution >= 4 is 29.1 Å². The number of hydrogen-bond donors (Lipinski definition) is 2. The van der Waals surface area contributed by atoms with Crippen LogP contribution in [0.5, 0.6) is 5.75 Å². The van der Waals surface area contributed by atoms with Gasteiger partial charge in [-0.2, -0.15) is 4.98 Å². The molecule has 0 fully saturated rings. The first-order valence-corrected chi connectivity index (χ1v) is 9.86. The van der Waals surface area contributed by atoms with Crippen LogP contribution in [0.4, 0.5) is 0 Å². The molecule has 0 aliphatic carbocycles. The van der Waals surface area contributed by atoms with Gasteiger partial charge in [0.1, 0.15) is 12.4 Å². The van der Waals surface area contributed by atoms with Gasteiger partial charge in [-0.3, -0.25) is 4.79 Å². The Morgan fingerprint density at radius 2 is 1.87 bits per heavy atom. The standard InChI is InChI=1S/C21H20Cl2N4O3/c1-13-11-17(7-8-18(13)23)29-12-14(2)24-9-10-25-20(28)21-26-19(27-30-21)15-3-5-16(22)6-4-15/h3-8,11,24H,2,9-10,12H2,1H3,(H,25,28). The molecule has 2 N–H and O–H groups in total. The Morgan fingerprint density at radius 3 is 2.60 bits per heavy atom. The maximum atomic E-state index is 12.1. The summed E-state index contributed by atoms with van der Waals surface area (Å²) < 4.78 is 10.7. The van der Waals surface area contributed by atoms with Crippen LogP contribution in [0.3, 0.4) is 0 Å². The van der Waals surface area contributed by atoms with E-state index in [0.29, 0.717) is 52.6 Å². The second-order valence-electron chi connectivity index (χ2n) is 6.42. The molecule has 9 heteroatoms. The van der Waals surface area contributed by atoms with Crippen molar-refractivity contribution in [2.45, 2.75) is 6.92 Å². The van der Waals surface area contributed by atoms with Crippen molar-refractivity contribution in [2.24, 2.45) is 0 Å². The normalized spacial score (nSPS) is 10.5. The molecular formula is C21H20Cl2N4O3. The lowest BCUT2D eigenvalue weighted by Crippen LogP contribution is -2.32. The molecule has 0 bridgehead atoms. The van der Waals surface area contributed by atoms with Gasteiger partial charge in [0.2, 0.25) is 5.82 Å². The van der Waals surface area contributed by atoms with E-state index in [9.17, 15) is 4.79 Å². The average Bonchev–Trinajstić information content (AvgIpc) is 3.23. The number of carbonyl (C=O) groups is 1. The zero-order valence-corrected chi connectivity index (χ0v) is 17.8. The van der Waals surface area contributed by atoms with Crippen molar-refractivity contribution in [1.82, 2.24) is 20.8 Å². The molecule has 1 aromatic heterocycles. The Balaban J connectivity index is 1.38. The highest BCUT2D eigenvalue weighted by molar-refractivity contribution is 6.31. The molecule has 156 valence electrons. The fraction of sp³-hybridized carbons (Fsp3) is 0.190. The minimum Gasteiger partial charge on any atom is -0.487 e. The van der Waals surface area contributed by atoms with Gasteiger partial charge in [0.05, 0.1) is 0 Å². The van der Waals surface area contributed by atoms with Crippen molar-refractivity contribution in [3.63, 3.8) is 0 Å². The van der Waals surface area contributed by atoms with Crippen molar-refractivity contribution < 1.29 is 14.1 Å². The fourth-order valence-electron chi connectivity index (χ4n) is 2.45. The number of nitrogens with zero attached hydrogens (tertiary/aromatic N) is 2. The third kappa shape index (κ3) is 5.98. The van der Waals surface area contributed by atoms with E-state index in [4.69, 9.17) is 32.5 Å². The van der Waals surface area contributed by atoms with E-state index >= 15 is 0 Å². The highest BCUT2D eigenvalue weighted by Crippen LogP contribution is 2.21. The Labute approximate surface area is 184 Å². The van der Waals surface area contributed by atoms with Gasteiger partial charge < -0.3 is 19.9 Å². The van der Waals surface area contributed by atoms with Crippen LogP contribution in [0.2, 0.25) is 10.0 Å². The van der Waals surface area contributed by atoms with Crippen molar-refractivity contribution in [3.05, 3.63) is 76.2 Å². The molecule has 0 radical (unpaired) electrons. The van der Waals surface area contributed by atoms with E-state index < -0.39 is 5.91 Å². The number of halogens is 2. The van der Waals surface area contributed by atoms with E-state index in [1.165, 1.54) is 0 Å². The summed E-state index contributed by atoms with van der Waals surface area (Å²) in [7, 11) is 0. The molecule has 0 spiro atoms. The first-order chi connectivity index (χ1) is 14.4. The Kier molecular flexibility index (Phi) is 7.32. The SMILES string of the molecule is C=C(COc1ccc(Cl)c(C)c1)NCCNC(=O)c1nc(-c2ccc(Cl)cc2)no1. The Morgan fingerprint density at radius 1 is 1.13 bits per heavy atom. The summed E-state index contributed by atoms with van der Waals surface area (Å²) in [5.41, 5.74) is 2.33. The van der Waals surface area contributed by atoms with Crippen LogP contribution in [0.25, 0.3) is 11.4 Å². The van der Waals surface area contributed by atoms with Crippen molar-refractivity contribution in [1.29, 1.82) is 0 Å². The van der Waals surface area contributed by atoms with Crippen LogP contribution in [0.1, 0.15) is 16.2 Å². The monoisotopic (exact) mass is 446 g/mol. The number of hydrogen-bond acceptors (Lipinski definition) is 6. The highest BCUT2D eigenvalue weighted by Gasteiger charge is 2.15. The molecule has 1 amide bonds. The molecule has 3 aromatic rings. The van der Waals surface area contributed by atoms with E-state index in [2.05, 4.69) is 27.4 Å². The maximum absolute atomic E-state index is 12.1. The molecule has 3 rings (SSSR count). The molecule has 1 heterocycles. The van der Waals surface area contributed by atoms with Crippen LogP contribution >= 0.6 is 23.2 Å². The van der Waals surface area contributed by atoms with Crippen LogP contribution in [0, 0.1) is 6.92 Å². The third-order valence-electron chi connectivity index (χ3n) is 4.05. The first kappa shape index (κ1) is 21.7. The van der Waals surface area contributed by atoms with Gasteiger partial charge in [-0.05, 0) is 55.0 Å². The van der Waals surface area contributed by atoms with Gasteiger partial charge >= 0.3 is 11.8 Å². The number of amides is 1. The predicted molar refractivity (Wildman–Crippen MR) is 116 cm³/mol. The lowest BCUT2D eigenvalue weighted by Gasteiger charge is -2.12. The second-order valence-corrected chi connectivity index (χ2v) is 7.26. The summed E-state index contributed by atoms with van der Waals surface area (Å²) in [5, 5.41) is 10.9. The molecule has 7 nitrogen and oxygen atoms in total. The number of carbonyl (C=O) groups excluding carboxylic acids is 1. The summed E-state index contributed by atoms with van der Waals surface area (Å²) in [4.78, 5) is 16.2. The third-order valence-corrected chi connectivity index (χ3v) is 4.73. The summed E-state index contributed by atoms with van der Waals surface area (Å²) >= 11 is 11.9. The van der Waals surface area contributed by atoms with Gasteiger partial charge in [0, 0.05) is 34.4 Å². The minimum atomic E-state index is -0.456. The lowest BCUT2D eigenvalue weighted by atomic mass is 10.2. The number of aryl methyl sites for hydroxylation is 1. The highest BCUT2D eigenvalue weighted by atomic mass is 35.5. The van der Waals surface area contributed by atoms with Crippen molar-refractivity contribution in [2.75, 3.05) is 19.7 Å². The zero-order chi connectivity index (χ0) is 21.5. The van der Waals surface area contributed by atoms with Crippen LogP contribution in [-0.2, 0) is 0 Å². The van der Waals surface area contributed by atoms with Gasteiger partial charge in [-0.25, -0.2) is 0 Å². The molecule has 0 atom stereocenters. The van der Waals surface area contributed by atoms with Gasteiger partial charge in [0.15, 0.2) is 0 Å². The number of aromatic nitrogens is 2. The van der Waals surface area contributed by atoms with E-state index in [0.717, 1.165) is 5.56 Å². The molecule has 2 aromatic carbocycles. The van der Waals surface area contributed by atoms with Gasteiger partial charge in [-0.1, -0.05) is 34.9 Å². The predicted octanol–water partition coefficient (Wildman–Crippen LogP) is 4.26. The molecule has 0 aliphatic rings. The lowest BCUT2D eigenvalue weighted by molar-refractivity contribution is 0.0910. The van der Waals surface area contributed by atoms with Crippen LogP contribution in [-0.4, -0.2) is 35.7 Å².